The van der Waals surface area contributed by atoms with Crippen LogP contribution in [0.5, 0.6) is 17.2 Å². The molecule has 186 valence electrons. The summed E-state index contributed by atoms with van der Waals surface area (Å²) in [4.78, 5) is 11.8. The molecule has 0 bridgehead atoms. The third-order valence-corrected chi connectivity index (χ3v) is 5.08. The summed E-state index contributed by atoms with van der Waals surface area (Å²) in [7, 11) is 0. The van der Waals surface area contributed by atoms with Crippen molar-refractivity contribution in [1.82, 2.24) is 0 Å². The Kier molecular flexibility index (Phi) is 7.94. The van der Waals surface area contributed by atoms with Crippen LogP contribution in [0.3, 0.4) is 0 Å². The lowest BCUT2D eigenvalue weighted by Gasteiger charge is -2.19. The van der Waals surface area contributed by atoms with E-state index in [9.17, 15) is 18.0 Å². The maximum atomic E-state index is 12.5. The average Bonchev–Trinajstić information content (AvgIpc) is 2.78. The van der Waals surface area contributed by atoms with Crippen molar-refractivity contribution in [3.05, 3.63) is 72.3 Å². The number of ether oxygens (including phenoxy) is 3. The maximum Gasteiger partial charge on any atom is 0.573 e. The van der Waals surface area contributed by atoms with Crippen LogP contribution >= 0.6 is 0 Å². The summed E-state index contributed by atoms with van der Waals surface area (Å²) in [6.45, 7) is 8.32. The van der Waals surface area contributed by atoms with Gasteiger partial charge in [-0.15, -0.1) is 13.2 Å². The van der Waals surface area contributed by atoms with Gasteiger partial charge in [-0.05, 0) is 65.4 Å². The number of rotatable bonds is 8. The van der Waals surface area contributed by atoms with E-state index in [1.54, 1.807) is 25.1 Å². The highest BCUT2D eigenvalue weighted by molar-refractivity contribution is 5.77. The third kappa shape index (κ3) is 7.67. The molecule has 0 atom stereocenters. The predicted octanol–water partition coefficient (Wildman–Crippen LogP) is 7.32. The van der Waals surface area contributed by atoms with E-state index in [1.807, 2.05) is 24.3 Å². The first kappa shape index (κ1) is 25.9. The molecule has 0 aliphatic heterocycles. The van der Waals surface area contributed by atoms with Crippen LogP contribution in [0.1, 0.15) is 33.3 Å². The number of esters is 1. The summed E-state index contributed by atoms with van der Waals surface area (Å²) in [6, 6.07) is 18.6. The second-order valence-electron chi connectivity index (χ2n) is 8.82. The summed E-state index contributed by atoms with van der Waals surface area (Å²) < 4.78 is 52.4. The number of hydrogen-bond acceptors (Lipinski definition) is 5. The van der Waals surface area contributed by atoms with Crippen LogP contribution < -0.4 is 14.8 Å². The second-order valence-corrected chi connectivity index (χ2v) is 8.82. The van der Waals surface area contributed by atoms with Crippen LogP contribution in [0.25, 0.3) is 11.1 Å². The molecule has 0 heterocycles. The predicted molar refractivity (Wildman–Crippen MR) is 129 cm³/mol. The Balaban J connectivity index is 1.89. The van der Waals surface area contributed by atoms with Gasteiger partial charge in [0.2, 0.25) is 0 Å². The van der Waals surface area contributed by atoms with E-state index in [0.717, 1.165) is 5.56 Å². The molecule has 0 unspecified atom stereocenters. The summed E-state index contributed by atoms with van der Waals surface area (Å²) in [5.74, 6) is 0.343. The number of carbonyl (C=O) groups excluding carboxylic acids is 1. The molecule has 3 aromatic carbocycles. The second kappa shape index (κ2) is 10.7. The molecule has 5 nitrogen and oxygen atoms in total. The Bertz CT molecular complexity index is 1140. The molecule has 0 saturated heterocycles. The number of benzene rings is 3. The van der Waals surface area contributed by atoms with Gasteiger partial charge >= 0.3 is 12.3 Å². The van der Waals surface area contributed by atoms with E-state index in [2.05, 4.69) is 30.8 Å². The van der Waals surface area contributed by atoms with Crippen molar-refractivity contribution in [1.29, 1.82) is 0 Å². The number of alkyl halides is 3. The lowest BCUT2D eigenvalue weighted by molar-refractivity contribution is -0.274. The standard InChI is InChI=1S/C27H28F3NO4/c1-5-33-25(32)17-31-23-15-8-19(18-6-11-22(12-7-18)35-27(28,29)30)16-24(23)34-21-13-9-20(10-14-21)26(2,3)4/h6-16,31H,5,17H2,1-4H3. The molecule has 0 amide bonds. The minimum Gasteiger partial charge on any atom is -0.465 e. The summed E-state index contributed by atoms with van der Waals surface area (Å²) in [5, 5.41) is 3.02. The van der Waals surface area contributed by atoms with Gasteiger partial charge in [-0.2, -0.15) is 0 Å². The molecule has 0 saturated carbocycles. The molecule has 0 spiro atoms. The fourth-order valence-electron chi connectivity index (χ4n) is 3.31. The zero-order valence-corrected chi connectivity index (χ0v) is 20.0. The molecule has 3 aromatic rings. The quantitative estimate of drug-likeness (QED) is 0.338. The molecule has 8 heteroatoms. The summed E-state index contributed by atoms with van der Waals surface area (Å²) in [6.07, 6.45) is -4.75. The lowest BCUT2D eigenvalue weighted by Crippen LogP contribution is -2.17. The Morgan fingerprint density at radius 2 is 1.46 bits per heavy atom. The van der Waals surface area contributed by atoms with Gasteiger partial charge < -0.3 is 19.5 Å². The SMILES string of the molecule is CCOC(=O)CNc1ccc(-c2ccc(OC(F)(F)F)cc2)cc1Oc1ccc(C(C)(C)C)cc1. The lowest BCUT2D eigenvalue weighted by atomic mass is 9.87. The third-order valence-electron chi connectivity index (χ3n) is 5.08. The van der Waals surface area contributed by atoms with Crippen molar-refractivity contribution in [2.45, 2.75) is 39.5 Å². The van der Waals surface area contributed by atoms with Crippen molar-refractivity contribution >= 4 is 11.7 Å². The van der Waals surface area contributed by atoms with E-state index in [4.69, 9.17) is 9.47 Å². The molecule has 0 radical (unpaired) electrons. The molecule has 0 aromatic heterocycles. The Labute approximate surface area is 202 Å². The molecule has 0 aliphatic carbocycles. The van der Waals surface area contributed by atoms with E-state index in [0.29, 0.717) is 28.3 Å². The average molecular weight is 488 g/mol. The zero-order valence-electron chi connectivity index (χ0n) is 20.0. The number of hydrogen-bond donors (Lipinski definition) is 1. The number of nitrogens with one attached hydrogen (secondary N) is 1. The van der Waals surface area contributed by atoms with E-state index < -0.39 is 12.3 Å². The van der Waals surface area contributed by atoms with Crippen LogP contribution in [-0.2, 0) is 14.9 Å². The molecular weight excluding hydrogens is 459 g/mol. The molecule has 1 N–H and O–H groups in total. The fourth-order valence-corrected chi connectivity index (χ4v) is 3.31. The normalized spacial score (nSPS) is 11.6. The molecule has 3 rings (SSSR count). The van der Waals surface area contributed by atoms with Gasteiger partial charge in [0.1, 0.15) is 18.0 Å². The zero-order chi connectivity index (χ0) is 25.6. The van der Waals surface area contributed by atoms with Crippen LogP contribution in [0, 0.1) is 0 Å². The van der Waals surface area contributed by atoms with Gasteiger partial charge in [0.05, 0.1) is 12.3 Å². The fraction of sp³-hybridized carbons (Fsp3) is 0.296. The van der Waals surface area contributed by atoms with Crippen LogP contribution in [0.15, 0.2) is 66.7 Å². The summed E-state index contributed by atoms with van der Waals surface area (Å²) >= 11 is 0. The smallest absolute Gasteiger partial charge is 0.465 e. The highest BCUT2D eigenvalue weighted by Gasteiger charge is 2.31. The largest absolute Gasteiger partial charge is 0.573 e. The topological polar surface area (TPSA) is 56.8 Å². The van der Waals surface area contributed by atoms with E-state index in [-0.39, 0.29) is 24.3 Å². The number of carbonyl (C=O) groups is 1. The highest BCUT2D eigenvalue weighted by atomic mass is 19.4. The van der Waals surface area contributed by atoms with Gasteiger partial charge in [-0.3, -0.25) is 4.79 Å². The number of anilines is 1. The Morgan fingerprint density at radius 3 is 2.03 bits per heavy atom. The number of halogens is 3. The first-order chi connectivity index (χ1) is 16.4. The monoisotopic (exact) mass is 487 g/mol. The van der Waals surface area contributed by atoms with Crippen LogP contribution in [0.4, 0.5) is 18.9 Å². The maximum absolute atomic E-state index is 12.5. The van der Waals surface area contributed by atoms with E-state index >= 15 is 0 Å². The minimum atomic E-state index is -4.75. The van der Waals surface area contributed by atoms with Crippen molar-refractivity contribution < 1.29 is 32.2 Å². The van der Waals surface area contributed by atoms with Gasteiger partial charge in [-0.25, -0.2) is 0 Å². The highest BCUT2D eigenvalue weighted by Crippen LogP contribution is 2.36. The van der Waals surface area contributed by atoms with Crippen LogP contribution in [-0.4, -0.2) is 25.5 Å². The molecule has 0 fully saturated rings. The van der Waals surface area contributed by atoms with E-state index in [1.165, 1.54) is 24.3 Å². The van der Waals surface area contributed by atoms with Crippen LogP contribution in [0.2, 0.25) is 0 Å². The van der Waals surface area contributed by atoms with Crippen molar-refractivity contribution in [2.75, 3.05) is 18.5 Å². The van der Waals surface area contributed by atoms with Crippen molar-refractivity contribution in [3.8, 4) is 28.4 Å². The first-order valence-electron chi connectivity index (χ1n) is 11.1. The molecule has 35 heavy (non-hydrogen) atoms. The molecule has 0 aliphatic rings. The van der Waals surface area contributed by atoms with Crippen molar-refractivity contribution in [3.63, 3.8) is 0 Å². The Morgan fingerprint density at radius 1 is 0.857 bits per heavy atom. The van der Waals surface area contributed by atoms with Gasteiger partial charge in [0.25, 0.3) is 0 Å². The Hall–Kier alpha value is -3.68. The minimum absolute atomic E-state index is 0.00715. The van der Waals surface area contributed by atoms with Gasteiger partial charge in [-0.1, -0.05) is 51.1 Å². The first-order valence-corrected chi connectivity index (χ1v) is 11.1. The van der Waals surface area contributed by atoms with Gasteiger partial charge in [0, 0.05) is 0 Å². The summed E-state index contributed by atoms with van der Waals surface area (Å²) in [5.41, 5.74) is 3.10. The van der Waals surface area contributed by atoms with Crippen molar-refractivity contribution in [2.24, 2.45) is 0 Å². The van der Waals surface area contributed by atoms with Gasteiger partial charge in [0.15, 0.2) is 5.75 Å². The molecular formula is C27H28F3NO4.